The van der Waals surface area contributed by atoms with E-state index >= 15 is 0 Å². The van der Waals surface area contributed by atoms with Crippen LogP contribution in [0.3, 0.4) is 0 Å². The maximum atomic E-state index is 4.41. The van der Waals surface area contributed by atoms with Gasteiger partial charge >= 0.3 is 0 Å². The van der Waals surface area contributed by atoms with Crippen molar-refractivity contribution in [2.75, 3.05) is 18.1 Å². The maximum Gasteiger partial charge on any atom is 0.147 e. The van der Waals surface area contributed by atoms with E-state index in [0.29, 0.717) is 6.04 Å². The van der Waals surface area contributed by atoms with Gasteiger partial charge in [-0.1, -0.05) is 6.92 Å². The van der Waals surface area contributed by atoms with E-state index in [9.17, 15) is 0 Å². The lowest BCUT2D eigenvalue weighted by molar-refractivity contribution is 0.203. The van der Waals surface area contributed by atoms with Gasteiger partial charge in [0.2, 0.25) is 0 Å². The molecule has 22 heavy (non-hydrogen) atoms. The van der Waals surface area contributed by atoms with Crippen LogP contribution in [0, 0.1) is 6.92 Å². The summed E-state index contributed by atoms with van der Waals surface area (Å²) in [7, 11) is 1.98. The molecular formula is C15H24N6S. The minimum absolute atomic E-state index is 0.416. The second-order valence-electron chi connectivity index (χ2n) is 5.82. The maximum absolute atomic E-state index is 4.41. The van der Waals surface area contributed by atoms with E-state index < -0.39 is 0 Å². The van der Waals surface area contributed by atoms with Gasteiger partial charge in [0.25, 0.3) is 0 Å². The van der Waals surface area contributed by atoms with Gasteiger partial charge in [0, 0.05) is 49.4 Å². The number of rotatable bonds is 5. The fourth-order valence-corrected chi connectivity index (χ4v) is 4.14. The SMILES string of the molecule is CCCn1c(C)nnc1CN1CCSC[C@H]1c1cnn(C)c1. The van der Waals surface area contributed by atoms with Crippen LogP contribution in [0.2, 0.25) is 0 Å². The molecule has 0 radical (unpaired) electrons. The third kappa shape index (κ3) is 3.20. The van der Waals surface area contributed by atoms with Gasteiger partial charge in [-0.15, -0.1) is 10.2 Å². The number of aromatic nitrogens is 5. The summed E-state index contributed by atoms with van der Waals surface area (Å²) in [6, 6.07) is 0.416. The lowest BCUT2D eigenvalue weighted by atomic mass is 10.1. The highest BCUT2D eigenvalue weighted by Gasteiger charge is 2.27. The zero-order valence-electron chi connectivity index (χ0n) is 13.6. The standard InChI is InChI=1S/C15H24N6S/c1-4-5-21-12(2)17-18-15(21)10-20-6-7-22-11-14(20)13-8-16-19(3)9-13/h8-9,14H,4-7,10-11H2,1-3H3/t14-/m0/s1. The summed E-state index contributed by atoms with van der Waals surface area (Å²) in [4.78, 5) is 2.52. The van der Waals surface area contributed by atoms with Crippen LogP contribution in [0.15, 0.2) is 12.4 Å². The molecule has 3 rings (SSSR count). The van der Waals surface area contributed by atoms with Crippen molar-refractivity contribution in [3.8, 4) is 0 Å². The fourth-order valence-electron chi connectivity index (χ4n) is 2.98. The molecule has 0 aromatic carbocycles. The van der Waals surface area contributed by atoms with E-state index in [1.165, 1.54) is 11.3 Å². The number of hydrogen-bond donors (Lipinski definition) is 0. The summed E-state index contributed by atoms with van der Waals surface area (Å²) >= 11 is 2.02. The predicted octanol–water partition coefficient (Wildman–Crippen LogP) is 2.02. The normalized spacial score (nSPS) is 19.7. The Bertz CT molecular complexity index is 619. The van der Waals surface area contributed by atoms with E-state index in [1.807, 2.05) is 36.6 Å². The van der Waals surface area contributed by atoms with Crippen LogP contribution < -0.4 is 0 Å². The van der Waals surface area contributed by atoms with E-state index in [2.05, 4.69) is 37.9 Å². The molecule has 1 saturated heterocycles. The average Bonchev–Trinajstić information content (AvgIpc) is 3.09. The summed E-state index contributed by atoms with van der Waals surface area (Å²) in [5, 5.41) is 13.0. The summed E-state index contributed by atoms with van der Waals surface area (Å²) in [5.74, 6) is 4.39. The second-order valence-corrected chi connectivity index (χ2v) is 6.97. The summed E-state index contributed by atoms with van der Waals surface area (Å²) in [6.07, 6.45) is 5.23. The Balaban J connectivity index is 1.80. The molecule has 0 N–H and O–H groups in total. The van der Waals surface area contributed by atoms with Gasteiger partial charge in [0.05, 0.1) is 12.7 Å². The van der Waals surface area contributed by atoms with Crippen LogP contribution in [-0.4, -0.2) is 47.5 Å². The Morgan fingerprint density at radius 1 is 1.36 bits per heavy atom. The molecule has 1 fully saturated rings. The van der Waals surface area contributed by atoms with Crippen LogP contribution in [0.1, 0.15) is 36.6 Å². The monoisotopic (exact) mass is 320 g/mol. The first-order valence-corrected chi connectivity index (χ1v) is 9.03. The molecule has 3 heterocycles. The van der Waals surface area contributed by atoms with E-state index in [1.54, 1.807) is 0 Å². The van der Waals surface area contributed by atoms with E-state index in [0.717, 1.165) is 43.5 Å². The minimum Gasteiger partial charge on any atom is -0.314 e. The van der Waals surface area contributed by atoms with Crippen LogP contribution in [0.25, 0.3) is 0 Å². The van der Waals surface area contributed by atoms with Gasteiger partial charge < -0.3 is 4.57 Å². The van der Waals surface area contributed by atoms with Crippen LogP contribution in [0.5, 0.6) is 0 Å². The molecule has 0 unspecified atom stereocenters. The first kappa shape index (κ1) is 15.6. The molecule has 2 aromatic rings. The van der Waals surface area contributed by atoms with Gasteiger partial charge in [-0.3, -0.25) is 9.58 Å². The van der Waals surface area contributed by atoms with Crippen molar-refractivity contribution in [1.82, 2.24) is 29.4 Å². The third-order valence-corrected chi connectivity index (χ3v) is 5.18. The first-order chi connectivity index (χ1) is 10.7. The highest BCUT2D eigenvalue weighted by molar-refractivity contribution is 7.99. The molecule has 0 amide bonds. The Hall–Kier alpha value is -1.34. The minimum atomic E-state index is 0.416. The summed E-state index contributed by atoms with van der Waals surface area (Å²) < 4.78 is 4.14. The quantitative estimate of drug-likeness (QED) is 0.843. The van der Waals surface area contributed by atoms with Crippen LogP contribution in [-0.2, 0) is 20.1 Å². The molecule has 7 heteroatoms. The summed E-state index contributed by atoms with van der Waals surface area (Å²) in [5.41, 5.74) is 1.30. The van der Waals surface area contributed by atoms with E-state index in [-0.39, 0.29) is 0 Å². The Kier molecular flexibility index (Phi) is 4.83. The largest absolute Gasteiger partial charge is 0.314 e. The number of nitrogens with zero attached hydrogens (tertiary/aromatic N) is 6. The lowest BCUT2D eigenvalue weighted by Gasteiger charge is -2.34. The van der Waals surface area contributed by atoms with Crippen molar-refractivity contribution < 1.29 is 0 Å². The number of aryl methyl sites for hydroxylation is 2. The van der Waals surface area contributed by atoms with Gasteiger partial charge in [-0.25, -0.2) is 0 Å². The lowest BCUT2D eigenvalue weighted by Crippen LogP contribution is -2.36. The highest BCUT2D eigenvalue weighted by atomic mass is 32.2. The molecule has 1 atom stereocenters. The van der Waals surface area contributed by atoms with Crippen molar-refractivity contribution in [1.29, 1.82) is 0 Å². The molecule has 2 aromatic heterocycles. The molecule has 0 bridgehead atoms. The fraction of sp³-hybridized carbons (Fsp3) is 0.667. The Labute approximate surface area is 135 Å². The van der Waals surface area contributed by atoms with Gasteiger partial charge in [0.15, 0.2) is 0 Å². The van der Waals surface area contributed by atoms with Gasteiger partial charge in [-0.05, 0) is 13.3 Å². The third-order valence-electron chi connectivity index (χ3n) is 4.15. The van der Waals surface area contributed by atoms with Crippen molar-refractivity contribution in [3.63, 3.8) is 0 Å². The van der Waals surface area contributed by atoms with Crippen LogP contribution >= 0.6 is 11.8 Å². The Morgan fingerprint density at radius 3 is 2.95 bits per heavy atom. The highest BCUT2D eigenvalue weighted by Crippen LogP contribution is 2.30. The van der Waals surface area contributed by atoms with Crippen molar-refractivity contribution in [2.45, 2.75) is 39.4 Å². The Morgan fingerprint density at radius 2 is 2.23 bits per heavy atom. The number of thioether (sulfide) groups is 1. The van der Waals surface area contributed by atoms with E-state index in [4.69, 9.17) is 0 Å². The molecule has 6 nitrogen and oxygen atoms in total. The summed E-state index contributed by atoms with van der Waals surface area (Å²) in [6.45, 7) is 7.17. The first-order valence-electron chi connectivity index (χ1n) is 7.88. The molecule has 120 valence electrons. The van der Waals surface area contributed by atoms with Gasteiger partial charge in [-0.2, -0.15) is 16.9 Å². The van der Waals surface area contributed by atoms with Crippen LogP contribution in [0.4, 0.5) is 0 Å². The van der Waals surface area contributed by atoms with Crippen molar-refractivity contribution in [3.05, 3.63) is 29.6 Å². The molecule has 1 aliphatic rings. The number of hydrogen-bond acceptors (Lipinski definition) is 5. The predicted molar refractivity (Wildman–Crippen MR) is 88.7 cm³/mol. The molecule has 0 aliphatic carbocycles. The smallest absolute Gasteiger partial charge is 0.147 e. The zero-order chi connectivity index (χ0) is 15.5. The second kappa shape index (κ2) is 6.83. The average molecular weight is 320 g/mol. The van der Waals surface area contributed by atoms with Crippen molar-refractivity contribution in [2.24, 2.45) is 7.05 Å². The molecule has 0 spiro atoms. The molecular weight excluding hydrogens is 296 g/mol. The van der Waals surface area contributed by atoms with Gasteiger partial charge in [0.1, 0.15) is 11.6 Å². The topological polar surface area (TPSA) is 51.8 Å². The molecule has 0 saturated carbocycles. The van der Waals surface area contributed by atoms with Crippen molar-refractivity contribution >= 4 is 11.8 Å². The molecule has 1 aliphatic heterocycles. The zero-order valence-corrected chi connectivity index (χ0v) is 14.4.